The Labute approximate surface area is 855 Å². The number of hydrogen-bond donors (Lipinski definition) is 16. The molecule has 3 aromatic heterocycles. The van der Waals surface area contributed by atoms with Gasteiger partial charge in [-0.2, -0.15) is 0 Å². The maximum Gasteiger partial charge on any atom is 0.335 e. The van der Waals surface area contributed by atoms with E-state index < -0.39 is 217 Å². The molecule has 0 saturated carbocycles. The predicted octanol–water partition coefficient (Wildman–Crippen LogP) is 2.25. The number of hydrogen-bond acceptors (Lipinski definition) is 23. The number of aliphatic carboxylic acids is 1. The molecule has 149 heavy (non-hydrogen) atoms. The van der Waals surface area contributed by atoms with E-state index in [1.54, 1.807) is 165 Å². The lowest BCUT2D eigenvalue weighted by Gasteiger charge is -2.33. The summed E-state index contributed by atoms with van der Waals surface area (Å²) in [5, 5.41) is 61.8. The van der Waals surface area contributed by atoms with Crippen molar-refractivity contribution < 1.29 is 106 Å². The van der Waals surface area contributed by atoms with Gasteiger partial charge in [-0.25, -0.2) is 19.6 Å². The molecule has 14 rings (SSSR count). The molecule has 0 unspecified atom stereocenters. The predicted molar refractivity (Wildman–Crippen MR) is 540 cm³/mol. The number of aromatic amines is 1. The molecule has 42 nitrogen and oxygen atoms in total. The summed E-state index contributed by atoms with van der Waals surface area (Å²) in [6, 6.07) is 26.9. The number of pyridine rings is 1. The largest absolute Gasteiger partial charge is 0.492 e. The van der Waals surface area contributed by atoms with Crippen LogP contribution < -0.4 is 69.0 Å². The topological polar surface area (TPSA) is 603 Å². The first-order valence-corrected chi connectivity index (χ1v) is 49.0. The first-order chi connectivity index (χ1) is 71.5. The molecule has 42 heteroatoms. The number of nitrogens with one attached hydrogen (secondary N) is 12. The standard InChI is InChI=1S/C107H118N20O22/c1-59(77-16-10-13-71-12-6-7-14-78(71)77)93-102(141)122-86(50-92(131)132)104(143)124(5)61(3)94(133)114-54-90(129)117-82(44-63-19-25-69(26-20-63)70-29-31-73(32-30-70)107(147)148)97(136)119-83(46-66-35-37-109-38-36-66)96(135)116-60(2)103(142)125-40-11-18-87(125)105(144)127-56-67(42-68-51-110-58-111-52-68)47-88(127)100(139)121-84(45-65-23-33-76(34-24-65)149-41-39-112-62(4)128)98(137)120-85(48-74-53-113-80-17-9-8-15-79(74)80)99(138)118-81(43-64-21-27-72(28-22-64)106(145)146)95(134)115-55-91(130)126-57-75(108)49-89(126)101(140)123-93/h6-10,12-17,19-38,51-53,58-61,67,75,81-89,93,113H,11,18,39-50,54-57,108H2,1-5H3,(H,112,128)(H,114,133)(H,115,134)(H,116,135)(H,117,129)(H,118,138)(H,119,136)(H,120,137)(H,121,139)(H,122,141)(H,123,140)(H,131,132)(H,145,146)(H,147,148)/t59-,60-,61+,67+,75+,81-,82-,83-,84-,85-,86-,87+,88-,89-,93-/m0/s1. The lowest BCUT2D eigenvalue weighted by atomic mass is 9.88. The van der Waals surface area contributed by atoms with Gasteiger partial charge >= 0.3 is 17.9 Å². The van der Waals surface area contributed by atoms with E-state index in [1.165, 1.54) is 85.7 Å². The minimum atomic E-state index is -2.00. The molecule has 778 valence electrons. The summed E-state index contributed by atoms with van der Waals surface area (Å²) in [5.41, 5.74) is 11.6. The van der Waals surface area contributed by atoms with Crippen molar-refractivity contribution in [1.82, 2.24) is 98.0 Å². The number of para-hydroxylation sites is 1. The number of benzene rings is 7. The molecular weight excluding hydrogens is 1920 g/mol. The van der Waals surface area contributed by atoms with E-state index in [0.717, 1.165) is 16.8 Å². The van der Waals surface area contributed by atoms with E-state index in [1.807, 2.05) is 0 Å². The molecular formula is C107H118N20O22. The molecule has 15 atom stereocenters. The second kappa shape index (κ2) is 49.6. The highest BCUT2D eigenvalue weighted by Gasteiger charge is 2.49. The highest BCUT2D eigenvalue weighted by molar-refractivity contribution is 6.03. The fraction of sp³-hybridized carbons (Fsp3) is 0.355. The summed E-state index contributed by atoms with van der Waals surface area (Å²) in [4.78, 5) is 284. The monoisotopic (exact) mass is 2030 g/mol. The van der Waals surface area contributed by atoms with Crippen molar-refractivity contribution >= 4 is 128 Å². The van der Waals surface area contributed by atoms with Crippen LogP contribution in [0.25, 0.3) is 32.8 Å². The van der Waals surface area contributed by atoms with E-state index in [4.69, 9.17) is 10.5 Å². The number of rotatable bonds is 23. The number of aromatic nitrogens is 4. The number of aromatic carboxylic acids is 2. The maximum absolute atomic E-state index is 16.0. The van der Waals surface area contributed by atoms with E-state index >= 15 is 52.7 Å². The normalized spacial score (nSPS) is 23.1. The third-order valence-electron chi connectivity index (χ3n) is 27.2. The molecule has 4 aliphatic heterocycles. The fourth-order valence-corrected chi connectivity index (χ4v) is 19.2. The van der Waals surface area contributed by atoms with Crippen LogP contribution in [0.15, 0.2) is 213 Å². The summed E-state index contributed by atoms with van der Waals surface area (Å²) in [5.74, 6) is -18.8. The van der Waals surface area contributed by atoms with Crippen LogP contribution >= 0.6 is 0 Å². The van der Waals surface area contributed by atoms with Gasteiger partial charge in [0.05, 0.1) is 37.2 Å². The summed E-state index contributed by atoms with van der Waals surface area (Å²) in [6.45, 7) is 3.58. The number of carboxylic acids is 3. The Balaban J connectivity index is 0.825. The average molecular weight is 2040 g/mol. The Hall–Kier alpha value is -17.2. The zero-order valence-corrected chi connectivity index (χ0v) is 82.4. The van der Waals surface area contributed by atoms with Gasteiger partial charge in [-0.15, -0.1) is 0 Å². The zero-order valence-electron chi connectivity index (χ0n) is 82.4. The third-order valence-corrected chi connectivity index (χ3v) is 27.2. The summed E-state index contributed by atoms with van der Waals surface area (Å²) in [7, 11) is 1.13. The highest BCUT2D eigenvalue weighted by Crippen LogP contribution is 2.34. The molecule has 7 aromatic carbocycles. The number of fused-ring (bicyclic) bond motifs is 5. The smallest absolute Gasteiger partial charge is 0.335 e. The Kier molecular flexibility index (Phi) is 35.8. The number of likely N-dealkylation sites (N-methyl/N-ethyl adjacent to an activating group) is 1. The molecule has 0 spiro atoms. The number of carbonyl (C=O) groups excluding carboxylic acids is 15. The van der Waals surface area contributed by atoms with Gasteiger partial charge in [0, 0.05) is 120 Å². The number of amides is 15. The van der Waals surface area contributed by atoms with Crippen molar-refractivity contribution in [3.05, 3.63) is 263 Å². The summed E-state index contributed by atoms with van der Waals surface area (Å²) >= 11 is 0. The minimum absolute atomic E-state index is 0.0217. The molecule has 0 radical (unpaired) electrons. The van der Waals surface area contributed by atoms with Crippen molar-refractivity contribution in [2.24, 2.45) is 11.7 Å². The minimum Gasteiger partial charge on any atom is -0.492 e. The number of carboxylic acid groups (broad SMARTS) is 3. The molecule has 0 bridgehead atoms. The van der Waals surface area contributed by atoms with E-state index in [-0.39, 0.29) is 113 Å². The van der Waals surface area contributed by atoms with Gasteiger partial charge in [0.1, 0.15) is 91.2 Å². The van der Waals surface area contributed by atoms with Crippen LogP contribution in [0.2, 0.25) is 0 Å². The Morgan fingerprint density at radius 3 is 1.63 bits per heavy atom. The van der Waals surface area contributed by atoms with Gasteiger partial charge in [-0.3, -0.25) is 81.7 Å². The van der Waals surface area contributed by atoms with Crippen molar-refractivity contribution in [3.8, 4) is 16.9 Å². The first-order valence-electron chi connectivity index (χ1n) is 49.0. The first kappa shape index (κ1) is 108. The number of nitrogens with zero attached hydrogens (tertiary/aromatic N) is 7. The fourth-order valence-electron chi connectivity index (χ4n) is 19.2. The third kappa shape index (κ3) is 27.9. The number of H-pyrrole nitrogens is 1. The Morgan fingerprint density at radius 2 is 1.01 bits per heavy atom. The molecule has 17 N–H and O–H groups in total. The summed E-state index contributed by atoms with van der Waals surface area (Å²) < 4.78 is 5.91. The number of carbonyl (C=O) groups is 18. The van der Waals surface area contributed by atoms with E-state index in [2.05, 4.69) is 78.4 Å². The van der Waals surface area contributed by atoms with Gasteiger partial charge in [-0.05, 0) is 167 Å². The van der Waals surface area contributed by atoms with Crippen molar-refractivity contribution in [1.29, 1.82) is 0 Å². The van der Waals surface area contributed by atoms with Crippen LogP contribution in [0.1, 0.15) is 125 Å². The molecule has 10 aromatic rings. The van der Waals surface area contributed by atoms with Crippen LogP contribution in [0.3, 0.4) is 0 Å². The van der Waals surface area contributed by atoms with Gasteiger partial charge in [-0.1, -0.05) is 128 Å². The van der Waals surface area contributed by atoms with Crippen LogP contribution in [-0.4, -0.2) is 293 Å². The molecule has 4 aliphatic rings. The van der Waals surface area contributed by atoms with Gasteiger partial charge in [0.25, 0.3) is 0 Å². The van der Waals surface area contributed by atoms with E-state index in [9.17, 15) is 48.9 Å². The number of nitrogens with two attached hydrogens (primary N) is 1. The quantitative estimate of drug-likeness (QED) is 0.0408. The second-order valence-corrected chi connectivity index (χ2v) is 37.8. The lowest BCUT2D eigenvalue weighted by Crippen LogP contribution is -2.60. The van der Waals surface area contributed by atoms with Crippen LogP contribution in [0.5, 0.6) is 5.75 Å². The molecule has 15 amide bonds. The van der Waals surface area contributed by atoms with Gasteiger partial charge in [0.2, 0.25) is 88.6 Å². The highest BCUT2D eigenvalue weighted by atomic mass is 16.5. The number of ether oxygens (including phenoxy) is 1. The van der Waals surface area contributed by atoms with Crippen LogP contribution in [-0.2, 0) is 115 Å². The van der Waals surface area contributed by atoms with Crippen LogP contribution in [0.4, 0.5) is 0 Å². The molecule has 4 fully saturated rings. The van der Waals surface area contributed by atoms with Gasteiger partial charge in [0.15, 0.2) is 0 Å². The molecule has 0 aliphatic carbocycles. The molecule has 4 saturated heterocycles. The van der Waals surface area contributed by atoms with E-state index in [0.29, 0.717) is 71.9 Å². The second-order valence-electron chi connectivity index (χ2n) is 37.8. The summed E-state index contributed by atoms with van der Waals surface area (Å²) in [6.07, 6.45) is 6.59. The maximum atomic E-state index is 16.0. The SMILES string of the molecule is CC(=O)NCCOc1ccc(C[C@@H]2NC(=O)[C@@H]3C[C@@H](Cc4cncnc4)CN3C(=O)[C@H]3CCCN3C(=O)[C@H](C)NC(=O)[C@H](Cc3ccncc3)NC(=O)[C@H](Cc3ccc(-c4ccc(C(=O)O)cc4)cc3)NC(=O)CNC(=O)[C@@H](C)N(C)C(=O)[C@H](CC(=O)O)NC(=O)[C@H]([C@@H](C)c3cccc4ccccc34)NC(=O)[C@@H]3C[C@@H](N)CN3C(=O)CNC(=O)[C@H](Cc3ccc(C(=O)O)cc3)NC(=O)[C@H](Cc3c[nH]c4ccccc34)NC2=O)cc1. The van der Waals surface area contributed by atoms with Gasteiger partial charge < -0.3 is 109 Å². The van der Waals surface area contributed by atoms with Crippen molar-refractivity contribution in [2.45, 2.75) is 183 Å². The van der Waals surface area contributed by atoms with Crippen molar-refractivity contribution in [2.75, 3.05) is 52.9 Å². The zero-order chi connectivity index (χ0) is 106. The average Bonchev–Trinajstić information content (AvgIpc) is 1.43. The van der Waals surface area contributed by atoms with Crippen molar-refractivity contribution in [3.63, 3.8) is 0 Å². The Bertz CT molecular complexity index is 6640. The molecule has 7 heterocycles. The Morgan fingerprint density at radius 1 is 0.483 bits per heavy atom. The lowest BCUT2D eigenvalue weighted by molar-refractivity contribution is -0.148. The van der Waals surface area contributed by atoms with Crippen LogP contribution in [0, 0.1) is 5.92 Å².